The lowest BCUT2D eigenvalue weighted by Crippen LogP contribution is -2.38. The van der Waals surface area contributed by atoms with Crippen LogP contribution in [0.5, 0.6) is 17.4 Å². The summed E-state index contributed by atoms with van der Waals surface area (Å²) in [7, 11) is 2.84. The topological polar surface area (TPSA) is 121 Å². The van der Waals surface area contributed by atoms with Gasteiger partial charge in [-0.25, -0.2) is 14.8 Å². The number of aromatic carboxylic acids is 1. The Balaban J connectivity index is 1.05. The summed E-state index contributed by atoms with van der Waals surface area (Å²) in [6.45, 7) is 3.47. The molecule has 47 heavy (non-hydrogen) atoms. The maximum Gasteiger partial charge on any atom is 0.416 e. The van der Waals surface area contributed by atoms with Gasteiger partial charge in [-0.15, -0.1) is 0 Å². The van der Waals surface area contributed by atoms with Gasteiger partial charge < -0.3 is 28.6 Å². The molecule has 0 radical (unpaired) electrons. The zero-order valence-electron chi connectivity index (χ0n) is 25.9. The van der Waals surface area contributed by atoms with Crippen molar-refractivity contribution in [2.45, 2.75) is 56.7 Å². The Hall–Kier alpha value is -4.43. The molecule has 2 saturated heterocycles. The minimum Gasteiger partial charge on any atom is -0.496 e. The van der Waals surface area contributed by atoms with E-state index in [1.807, 2.05) is 0 Å². The van der Waals surface area contributed by atoms with Crippen molar-refractivity contribution in [1.29, 1.82) is 0 Å². The lowest BCUT2D eigenvalue weighted by Gasteiger charge is -2.31. The largest absolute Gasteiger partial charge is 0.496 e. The van der Waals surface area contributed by atoms with Crippen molar-refractivity contribution in [2.24, 2.45) is 5.92 Å². The van der Waals surface area contributed by atoms with Crippen LogP contribution in [0.25, 0.3) is 11.0 Å². The summed E-state index contributed by atoms with van der Waals surface area (Å²) in [6, 6.07) is 8.12. The number of rotatable bonds is 11. The Bertz CT molecular complexity index is 1830. The molecule has 3 aliphatic rings. The van der Waals surface area contributed by atoms with Gasteiger partial charge in [0.25, 0.3) is 0 Å². The molecule has 2 aromatic heterocycles. The number of hydrogen-bond acceptors (Lipinski definition) is 9. The number of alkyl halides is 3. The molecule has 248 valence electrons. The molecule has 7 rings (SSSR count). The first-order valence-corrected chi connectivity index (χ1v) is 15.4. The molecular weight excluding hydrogens is 619 g/mol. The van der Waals surface area contributed by atoms with E-state index in [-0.39, 0.29) is 29.4 Å². The minimum atomic E-state index is -4.47. The van der Waals surface area contributed by atoms with E-state index < -0.39 is 17.7 Å². The molecule has 4 aromatic rings. The van der Waals surface area contributed by atoms with Crippen molar-refractivity contribution in [1.82, 2.24) is 24.4 Å². The Kier molecular flexibility index (Phi) is 7.95. The summed E-state index contributed by atoms with van der Waals surface area (Å²) < 4.78 is 63.8. The number of piperidine rings is 1. The Morgan fingerprint density at radius 1 is 1.13 bits per heavy atom. The molecule has 0 amide bonds. The number of carbonyl (C=O) groups is 1. The minimum absolute atomic E-state index is 0.00634. The van der Waals surface area contributed by atoms with E-state index in [0.29, 0.717) is 59.7 Å². The first-order valence-electron chi connectivity index (χ1n) is 15.4. The molecule has 1 N–H and O–H groups in total. The van der Waals surface area contributed by atoms with Crippen LogP contribution in [0.1, 0.15) is 52.4 Å². The predicted octanol–water partition coefficient (Wildman–Crippen LogP) is 5.09. The second kappa shape index (κ2) is 12.0. The van der Waals surface area contributed by atoms with E-state index in [0.717, 1.165) is 50.3 Å². The summed E-state index contributed by atoms with van der Waals surface area (Å²) in [5.74, 6) is 1.70. The molecule has 2 aromatic carbocycles. The van der Waals surface area contributed by atoms with Gasteiger partial charge in [0.1, 0.15) is 35.3 Å². The van der Waals surface area contributed by atoms with Crippen molar-refractivity contribution >= 4 is 17.0 Å². The summed E-state index contributed by atoms with van der Waals surface area (Å²) >= 11 is 0. The molecule has 3 fully saturated rings. The SMILES string of the molecule is COc1cc(C(F)(F)F)ccc1COc1ccnc(C23CCN(Cc4nc5c(OC)cc(C(=O)O)cc5n4CC4CCO4)CC2C3)n1. The normalized spacial score (nSPS) is 22.4. The van der Waals surface area contributed by atoms with Crippen LogP contribution in [0.3, 0.4) is 0 Å². The molecule has 11 nitrogen and oxygen atoms in total. The first-order chi connectivity index (χ1) is 22.6. The summed E-state index contributed by atoms with van der Waals surface area (Å²) in [4.78, 5) is 28.4. The molecule has 1 saturated carbocycles. The van der Waals surface area contributed by atoms with Crippen LogP contribution in [0.4, 0.5) is 13.2 Å². The van der Waals surface area contributed by atoms with E-state index in [2.05, 4.69) is 14.5 Å². The number of ether oxygens (including phenoxy) is 4. The molecule has 0 spiro atoms. The third kappa shape index (κ3) is 5.95. The lowest BCUT2D eigenvalue weighted by atomic mass is 9.94. The van der Waals surface area contributed by atoms with Crippen LogP contribution >= 0.6 is 0 Å². The highest BCUT2D eigenvalue weighted by atomic mass is 19.4. The highest BCUT2D eigenvalue weighted by Gasteiger charge is 2.59. The summed E-state index contributed by atoms with van der Waals surface area (Å²) in [5.41, 5.74) is 1.00. The van der Waals surface area contributed by atoms with Gasteiger partial charge in [0, 0.05) is 36.4 Å². The quantitative estimate of drug-likeness (QED) is 0.234. The van der Waals surface area contributed by atoms with Crippen LogP contribution in [-0.4, -0.2) is 75.5 Å². The number of benzene rings is 2. The van der Waals surface area contributed by atoms with Gasteiger partial charge in [-0.05, 0) is 56.0 Å². The van der Waals surface area contributed by atoms with Crippen LogP contribution in [0.2, 0.25) is 0 Å². The van der Waals surface area contributed by atoms with Gasteiger partial charge >= 0.3 is 12.1 Å². The van der Waals surface area contributed by atoms with Gasteiger partial charge in [-0.3, -0.25) is 4.90 Å². The number of halogens is 3. The summed E-state index contributed by atoms with van der Waals surface area (Å²) in [6.07, 6.45) is -0.0570. The fraction of sp³-hybridized carbons (Fsp3) is 0.455. The molecule has 14 heteroatoms. The van der Waals surface area contributed by atoms with E-state index in [9.17, 15) is 23.1 Å². The van der Waals surface area contributed by atoms with Crippen LogP contribution in [0, 0.1) is 5.92 Å². The number of aromatic nitrogens is 4. The highest BCUT2D eigenvalue weighted by Crippen LogP contribution is 2.58. The van der Waals surface area contributed by atoms with Crippen molar-refractivity contribution in [2.75, 3.05) is 33.9 Å². The van der Waals surface area contributed by atoms with Crippen LogP contribution in [-0.2, 0) is 36.0 Å². The molecule has 3 unspecified atom stereocenters. The number of carboxylic acid groups (broad SMARTS) is 1. The lowest BCUT2D eigenvalue weighted by molar-refractivity contribution is -0.137. The van der Waals surface area contributed by atoms with Gasteiger partial charge in [-0.2, -0.15) is 18.2 Å². The van der Waals surface area contributed by atoms with Crippen LogP contribution < -0.4 is 14.2 Å². The Morgan fingerprint density at radius 2 is 1.94 bits per heavy atom. The average Bonchev–Trinajstić information content (AvgIpc) is 3.68. The average molecular weight is 654 g/mol. The third-order valence-corrected chi connectivity index (χ3v) is 9.56. The molecule has 1 aliphatic carbocycles. The fourth-order valence-corrected chi connectivity index (χ4v) is 6.75. The number of carboxylic acids is 1. The monoisotopic (exact) mass is 653 g/mol. The first kappa shape index (κ1) is 31.2. The number of likely N-dealkylation sites (tertiary alicyclic amines) is 1. The maximum absolute atomic E-state index is 13.1. The van der Waals surface area contributed by atoms with Crippen molar-refractivity contribution in [3.8, 4) is 17.4 Å². The number of hydrogen-bond donors (Lipinski definition) is 1. The molecule has 0 bridgehead atoms. The van der Waals surface area contributed by atoms with Crippen molar-refractivity contribution < 1.29 is 42.0 Å². The molecule has 4 heterocycles. The number of methoxy groups -OCH3 is 2. The van der Waals surface area contributed by atoms with E-state index in [4.69, 9.17) is 28.9 Å². The number of imidazole rings is 1. The zero-order valence-corrected chi connectivity index (χ0v) is 25.9. The van der Waals surface area contributed by atoms with Gasteiger partial charge in [0.15, 0.2) is 0 Å². The van der Waals surface area contributed by atoms with E-state index in [1.165, 1.54) is 26.4 Å². The van der Waals surface area contributed by atoms with E-state index >= 15 is 0 Å². The highest BCUT2D eigenvalue weighted by molar-refractivity contribution is 5.95. The second-order valence-electron chi connectivity index (χ2n) is 12.3. The maximum atomic E-state index is 13.1. The van der Waals surface area contributed by atoms with Crippen molar-refractivity contribution in [3.05, 3.63) is 70.9 Å². The Morgan fingerprint density at radius 3 is 2.62 bits per heavy atom. The molecule has 3 atom stereocenters. The van der Waals surface area contributed by atoms with Gasteiger partial charge in [0.05, 0.1) is 50.1 Å². The zero-order chi connectivity index (χ0) is 32.9. The van der Waals surface area contributed by atoms with Crippen molar-refractivity contribution in [3.63, 3.8) is 0 Å². The second-order valence-corrected chi connectivity index (χ2v) is 12.3. The fourth-order valence-electron chi connectivity index (χ4n) is 6.75. The molecular formula is C33H34F3N5O6. The standard InChI is InChI=1S/C33H34F3N5O6/c1-44-25-13-21(33(34,35)36)4-3-19(25)18-47-28-5-8-37-31(39-28)32-7-9-40(15-22(32)14-32)17-27-38-29-24(41(27)16-23-6-10-46-23)11-20(30(42)43)12-26(29)45-2/h3-5,8,11-13,22-23H,6-7,9-10,14-18H2,1-2H3,(H,42,43). The smallest absolute Gasteiger partial charge is 0.416 e. The number of nitrogens with zero attached hydrogens (tertiary/aromatic N) is 5. The number of fused-ring (bicyclic) bond motifs is 2. The van der Waals surface area contributed by atoms with Gasteiger partial charge in [0.2, 0.25) is 5.88 Å². The van der Waals surface area contributed by atoms with Gasteiger partial charge in [-0.1, -0.05) is 6.07 Å². The van der Waals surface area contributed by atoms with Crippen LogP contribution in [0.15, 0.2) is 42.6 Å². The summed E-state index contributed by atoms with van der Waals surface area (Å²) in [5, 5.41) is 9.69. The third-order valence-electron chi connectivity index (χ3n) is 9.56. The predicted molar refractivity (Wildman–Crippen MR) is 162 cm³/mol. The Labute approximate surface area is 268 Å². The van der Waals surface area contributed by atoms with E-state index in [1.54, 1.807) is 18.3 Å². The molecule has 2 aliphatic heterocycles.